The van der Waals surface area contributed by atoms with Gasteiger partial charge in [0, 0.05) is 11.6 Å². The average molecular weight is 212 g/mol. The summed E-state index contributed by atoms with van der Waals surface area (Å²) in [6.07, 6.45) is 9.60. The number of nitrogens with zero attached hydrogens (tertiary/aromatic N) is 1. The molecule has 2 nitrogen and oxygen atoms in total. The summed E-state index contributed by atoms with van der Waals surface area (Å²) in [5.74, 6) is 0. The van der Waals surface area contributed by atoms with Crippen molar-refractivity contribution in [2.45, 2.75) is 63.5 Å². The second-order valence-corrected chi connectivity index (χ2v) is 5.16. The molecule has 0 aromatic heterocycles. The second kappa shape index (κ2) is 5.86. The first kappa shape index (κ1) is 13.0. The minimum absolute atomic E-state index is 0.403. The molecular weight excluding hydrogens is 184 g/mol. The van der Waals surface area contributed by atoms with Gasteiger partial charge in [-0.05, 0) is 40.4 Å². The van der Waals surface area contributed by atoms with Gasteiger partial charge in [-0.25, -0.2) is 0 Å². The molecular formula is C13H28N2. The molecule has 1 atom stereocenters. The number of nitrogens with one attached hydrogen (secondary N) is 1. The number of hydrogen-bond acceptors (Lipinski definition) is 2. The second-order valence-electron chi connectivity index (χ2n) is 5.16. The fourth-order valence-corrected chi connectivity index (χ4v) is 3.30. The Morgan fingerprint density at radius 1 is 1.13 bits per heavy atom. The van der Waals surface area contributed by atoms with Crippen LogP contribution in [0.3, 0.4) is 0 Å². The van der Waals surface area contributed by atoms with Crippen LogP contribution >= 0.6 is 0 Å². The molecule has 1 rings (SSSR count). The fourth-order valence-electron chi connectivity index (χ4n) is 3.30. The summed E-state index contributed by atoms with van der Waals surface area (Å²) in [4.78, 5) is 2.48. The molecule has 0 amide bonds. The first-order valence-corrected chi connectivity index (χ1v) is 6.52. The molecule has 1 aliphatic carbocycles. The van der Waals surface area contributed by atoms with Crippen molar-refractivity contribution in [3.8, 4) is 0 Å². The Morgan fingerprint density at radius 2 is 1.67 bits per heavy atom. The van der Waals surface area contributed by atoms with Gasteiger partial charge in [0.05, 0.1) is 0 Å². The van der Waals surface area contributed by atoms with E-state index in [1.54, 1.807) is 0 Å². The Bertz CT molecular complexity index is 165. The van der Waals surface area contributed by atoms with Crippen molar-refractivity contribution < 1.29 is 0 Å². The summed E-state index contributed by atoms with van der Waals surface area (Å²) in [5, 5.41) is 3.53. The van der Waals surface area contributed by atoms with E-state index in [1.165, 1.54) is 44.9 Å². The maximum atomic E-state index is 3.53. The lowest BCUT2D eigenvalue weighted by molar-refractivity contribution is 0.0818. The van der Waals surface area contributed by atoms with Gasteiger partial charge in [0.15, 0.2) is 0 Å². The molecule has 1 fully saturated rings. The zero-order valence-electron chi connectivity index (χ0n) is 11.0. The Kier molecular flexibility index (Phi) is 5.07. The van der Waals surface area contributed by atoms with Crippen LogP contribution in [-0.2, 0) is 0 Å². The van der Waals surface area contributed by atoms with Gasteiger partial charge >= 0.3 is 0 Å². The van der Waals surface area contributed by atoms with Crippen LogP contribution in [0.2, 0.25) is 0 Å². The van der Waals surface area contributed by atoms with E-state index in [4.69, 9.17) is 0 Å². The van der Waals surface area contributed by atoms with Gasteiger partial charge in [-0.1, -0.05) is 32.6 Å². The lowest BCUT2D eigenvalue weighted by Crippen LogP contribution is -2.57. The Balaban J connectivity index is 2.83. The van der Waals surface area contributed by atoms with Crippen molar-refractivity contribution >= 4 is 0 Å². The van der Waals surface area contributed by atoms with Gasteiger partial charge in [0.2, 0.25) is 0 Å². The monoisotopic (exact) mass is 212 g/mol. The summed E-state index contributed by atoms with van der Waals surface area (Å²) >= 11 is 0. The molecule has 2 heteroatoms. The van der Waals surface area contributed by atoms with Gasteiger partial charge in [-0.15, -0.1) is 0 Å². The Hall–Kier alpha value is -0.0800. The van der Waals surface area contributed by atoms with E-state index in [-0.39, 0.29) is 0 Å². The molecule has 1 N–H and O–H groups in total. The van der Waals surface area contributed by atoms with E-state index < -0.39 is 0 Å². The molecule has 0 saturated heterocycles. The average Bonchev–Trinajstić information content (AvgIpc) is 2.46. The van der Waals surface area contributed by atoms with Crippen molar-refractivity contribution in [3.63, 3.8) is 0 Å². The van der Waals surface area contributed by atoms with Gasteiger partial charge in [-0.2, -0.15) is 0 Å². The minimum atomic E-state index is 0.403. The largest absolute Gasteiger partial charge is 0.315 e. The third-order valence-electron chi connectivity index (χ3n) is 4.27. The molecule has 0 aliphatic heterocycles. The lowest BCUT2D eigenvalue weighted by Gasteiger charge is -2.45. The van der Waals surface area contributed by atoms with Gasteiger partial charge < -0.3 is 10.2 Å². The molecule has 1 aliphatic rings. The predicted octanol–water partition coefficient (Wildman–Crippen LogP) is 2.64. The van der Waals surface area contributed by atoms with E-state index in [0.29, 0.717) is 11.6 Å². The van der Waals surface area contributed by atoms with E-state index in [9.17, 15) is 0 Å². The molecule has 1 saturated carbocycles. The van der Waals surface area contributed by atoms with E-state index in [2.05, 4.69) is 38.3 Å². The van der Waals surface area contributed by atoms with Crippen LogP contribution in [0.15, 0.2) is 0 Å². The molecule has 0 spiro atoms. The van der Waals surface area contributed by atoms with Crippen LogP contribution in [0.5, 0.6) is 0 Å². The van der Waals surface area contributed by atoms with Gasteiger partial charge in [0.25, 0.3) is 0 Å². The third kappa shape index (κ3) is 2.73. The van der Waals surface area contributed by atoms with Gasteiger partial charge in [-0.3, -0.25) is 0 Å². The SMILES string of the molecule is CCC(NC)C1(N(C)C)CCCCCC1. The molecule has 0 radical (unpaired) electrons. The first-order chi connectivity index (χ1) is 7.17. The maximum absolute atomic E-state index is 3.53. The zero-order chi connectivity index (χ0) is 11.3. The van der Waals surface area contributed by atoms with Crippen molar-refractivity contribution in [2.24, 2.45) is 0 Å². The molecule has 0 aromatic carbocycles. The maximum Gasteiger partial charge on any atom is 0.0356 e. The lowest BCUT2D eigenvalue weighted by atomic mass is 9.80. The molecule has 1 unspecified atom stereocenters. The zero-order valence-corrected chi connectivity index (χ0v) is 11.0. The number of likely N-dealkylation sites (N-methyl/N-ethyl adjacent to an activating group) is 2. The quantitative estimate of drug-likeness (QED) is 0.721. The smallest absolute Gasteiger partial charge is 0.0356 e. The molecule has 90 valence electrons. The van der Waals surface area contributed by atoms with E-state index >= 15 is 0 Å². The van der Waals surface area contributed by atoms with Crippen LogP contribution in [0.1, 0.15) is 51.9 Å². The Labute approximate surface area is 95.4 Å². The highest BCUT2D eigenvalue weighted by Gasteiger charge is 2.38. The summed E-state index contributed by atoms with van der Waals surface area (Å²) in [6.45, 7) is 2.30. The number of rotatable bonds is 4. The van der Waals surface area contributed by atoms with Crippen molar-refractivity contribution in [3.05, 3.63) is 0 Å². The van der Waals surface area contributed by atoms with Crippen LogP contribution in [0.25, 0.3) is 0 Å². The summed E-state index contributed by atoms with van der Waals surface area (Å²) < 4.78 is 0. The minimum Gasteiger partial charge on any atom is -0.315 e. The summed E-state index contributed by atoms with van der Waals surface area (Å²) in [7, 11) is 6.63. The Morgan fingerprint density at radius 3 is 2.00 bits per heavy atom. The molecule has 0 aromatic rings. The van der Waals surface area contributed by atoms with Crippen LogP contribution in [0.4, 0.5) is 0 Å². The first-order valence-electron chi connectivity index (χ1n) is 6.52. The van der Waals surface area contributed by atoms with Crippen molar-refractivity contribution in [1.82, 2.24) is 10.2 Å². The van der Waals surface area contributed by atoms with Crippen LogP contribution in [0, 0.1) is 0 Å². The van der Waals surface area contributed by atoms with E-state index in [0.717, 1.165) is 0 Å². The molecule has 0 bridgehead atoms. The third-order valence-corrected chi connectivity index (χ3v) is 4.27. The normalized spacial score (nSPS) is 23.8. The topological polar surface area (TPSA) is 15.3 Å². The van der Waals surface area contributed by atoms with Crippen LogP contribution in [-0.4, -0.2) is 37.6 Å². The predicted molar refractivity (Wildman–Crippen MR) is 67.3 cm³/mol. The molecule has 15 heavy (non-hydrogen) atoms. The van der Waals surface area contributed by atoms with Crippen molar-refractivity contribution in [2.75, 3.05) is 21.1 Å². The molecule has 0 heterocycles. The van der Waals surface area contributed by atoms with E-state index in [1.807, 2.05) is 0 Å². The highest BCUT2D eigenvalue weighted by molar-refractivity contribution is 4.98. The summed E-state index contributed by atoms with van der Waals surface area (Å²) in [6, 6.07) is 0.644. The summed E-state index contributed by atoms with van der Waals surface area (Å²) in [5.41, 5.74) is 0.403. The highest BCUT2D eigenvalue weighted by atomic mass is 15.2. The van der Waals surface area contributed by atoms with Crippen molar-refractivity contribution in [1.29, 1.82) is 0 Å². The highest BCUT2D eigenvalue weighted by Crippen LogP contribution is 2.34. The number of hydrogen-bond donors (Lipinski definition) is 1. The fraction of sp³-hybridized carbons (Fsp3) is 1.00. The standard InChI is InChI=1S/C13H28N2/c1-5-12(14-2)13(15(3)4)10-8-6-7-9-11-13/h12,14H,5-11H2,1-4H3. The van der Waals surface area contributed by atoms with Crippen LogP contribution < -0.4 is 5.32 Å². The van der Waals surface area contributed by atoms with Gasteiger partial charge in [0.1, 0.15) is 0 Å².